The average Bonchev–Trinajstić information content (AvgIpc) is 3.24. The summed E-state index contributed by atoms with van der Waals surface area (Å²) in [6, 6.07) is 8.30. The SMILES string of the molecule is CCCN=C(NCCn1cnnc1CC)N1CCN(c2ccc(OC)cc2)CC1.I. The summed E-state index contributed by atoms with van der Waals surface area (Å²) in [6.45, 7) is 10.6. The van der Waals surface area contributed by atoms with Gasteiger partial charge < -0.3 is 24.4 Å². The highest BCUT2D eigenvalue weighted by atomic mass is 127. The van der Waals surface area contributed by atoms with Gasteiger partial charge in [0.1, 0.15) is 17.9 Å². The molecule has 30 heavy (non-hydrogen) atoms. The first kappa shape index (κ1) is 24.2. The Morgan fingerprint density at radius 1 is 1.13 bits per heavy atom. The van der Waals surface area contributed by atoms with E-state index in [1.54, 1.807) is 13.4 Å². The van der Waals surface area contributed by atoms with Crippen molar-refractivity contribution < 1.29 is 4.74 Å². The molecule has 1 aliphatic heterocycles. The van der Waals surface area contributed by atoms with Crippen LogP contribution in [0.2, 0.25) is 0 Å². The van der Waals surface area contributed by atoms with Gasteiger partial charge in [-0.2, -0.15) is 0 Å². The van der Waals surface area contributed by atoms with Gasteiger partial charge in [0.2, 0.25) is 0 Å². The number of nitrogens with zero attached hydrogens (tertiary/aromatic N) is 6. The minimum Gasteiger partial charge on any atom is -0.497 e. The van der Waals surface area contributed by atoms with E-state index in [1.165, 1.54) is 5.69 Å². The molecule has 0 aliphatic carbocycles. The van der Waals surface area contributed by atoms with Crippen LogP contribution in [0.15, 0.2) is 35.6 Å². The molecule has 3 rings (SSSR count). The lowest BCUT2D eigenvalue weighted by Crippen LogP contribution is -2.53. The van der Waals surface area contributed by atoms with Crippen molar-refractivity contribution in [3.63, 3.8) is 0 Å². The van der Waals surface area contributed by atoms with E-state index in [0.29, 0.717) is 0 Å². The molecule has 1 aromatic heterocycles. The smallest absolute Gasteiger partial charge is 0.194 e. The Morgan fingerprint density at radius 3 is 2.50 bits per heavy atom. The highest BCUT2D eigenvalue weighted by Crippen LogP contribution is 2.20. The second kappa shape index (κ2) is 12.6. The number of methoxy groups -OCH3 is 1. The number of aliphatic imine (C=N–C) groups is 1. The summed E-state index contributed by atoms with van der Waals surface area (Å²) in [5.74, 6) is 2.92. The fraction of sp³-hybridized carbons (Fsp3) is 0.571. The largest absolute Gasteiger partial charge is 0.497 e. The van der Waals surface area contributed by atoms with Gasteiger partial charge in [-0.1, -0.05) is 13.8 Å². The molecular weight excluding hydrogens is 493 g/mol. The van der Waals surface area contributed by atoms with Gasteiger partial charge in [0.05, 0.1) is 7.11 Å². The number of rotatable bonds is 8. The second-order valence-corrected chi connectivity index (χ2v) is 7.10. The van der Waals surface area contributed by atoms with Crippen LogP contribution >= 0.6 is 24.0 Å². The maximum absolute atomic E-state index is 5.26. The van der Waals surface area contributed by atoms with Crippen molar-refractivity contribution in [2.45, 2.75) is 33.2 Å². The Hall–Kier alpha value is -2.04. The predicted molar refractivity (Wildman–Crippen MR) is 132 cm³/mol. The number of aromatic nitrogens is 3. The molecule has 1 N–H and O–H groups in total. The number of hydrogen-bond donors (Lipinski definition) is 1. The van der Waals surface area contributed by atoms with E-state index in [-0.39, 0.29) is 24.0 Å². The van der Waals surface area contributed by atoms with Crippen molar-refractivity contribution in [1.82, 2.24) is 25.0 Å². The molecule has 0 bridgehead atoms. The zero-order chi connectivity index (χ0) is 20.5. The van der Waals surface area contributed by atoms with Crippen LogP contribution in [0.5, 0.6) is 5.75 Å². The Morgan fingerprint density at radius 2 is 1.87 bits per heavy atom. The maximum atomic E-state index is 5.26. The summed E-state index contributed by atoms with van der Waals surface area (Å²) in [4.78, 5) is 9.58. The van der Waals surface area contributed by atoms with Gasteiger partial charge in [-0.15, -0.1) is 34.2 Å². The van der Waals surface area contributed by atoms with Crippen molar-refractivity contribution in [3.8, 4) is 5.75 Å². The first-order chi connectivity index (χ1) is 14.2. The molecule has 0 radical (unpaired) electrons. The molecule has 8 nitrogen and oxygen atoms in total. The van der Waals surface area contributed by atoms with Gasteiger partial charge in [-0.3, -0.25) is 4.99 Å². The van der Waals surface area contributed by atoms with E-state index >= 15 is 0 Å². The third-order valence-corrected chi connectivity index (χ3v) is 5.15. The molecule has 1 fully saturated rings. The van der Waals surface area contributed by atoms with E-state index in [4.69, 9.17) is 9.73 Å². The van der Waals surface area contributed by atoms with Crippen molar-refractivity contribution in [2.24, 2.45) is 4.99 Å². The van der Waals surface area contributed by atoms with Crippen molar-refractivity contribution >= 4 is 35.6 Å². The molecule has 2 aromatic rings. The Balaban J connectivity index is 0.00000320. The standard InChI is InChI=1S/C21H33N7O.HI/c1-4-10-22-21(23-11-12-28-17-24-25-20(28)5-2)27-15-13-26(14-16-27)18-6-8-19(29-3)9-7-18;/h6-9,17H,4-5,10-16H2,1-3H3,(H,22,23);1H. The van der Waals surface area contributed by atoms with Crippen LogP contribution in [0.1, 0.15) is 26.1 Å². The lowest BCUT2D eigenvalue weighted by molar-refractivity contribution is 0.370. The predicted octanol–water partition coefficient (Wildman–Crippen LogP) is 2.64. The third kappa shape index (κ3) is 6.48. The Kier molecular flexibility index (Phi) is 10.2. The zero-order valence-electron chi connectivity index (χ0n) is 18.3. The molecular formula is C21H34IN7O. The lowest BCUT2D eigenvalue weighted by atomic mass is 10.2. The van der Waals surface area contributed by atoms with E-state index in [1.807, 2.05) is 12.1 Å². The molecule has 0 amide bonds. The maximum Gasteiger partial charge on any atom is 0.194 e. The van der Waals surface area contributed by atoms with Gasteiger partial charge in [0.25, 0.3) is 0 Å². The zero-order valence-corrected chi connectivity index (χ0v) is 20.6. The minimum atomic E-state index is 0. The molecule has 0 saturated carbocycles. The monoisotopic (exact) mass is 527 g/mol. The normalized spacial score (nSPS) is 14.4. The lowest BCUT2D eigenvalue weighted by Gasteiger charge is -2.37. The highest BCUT2D eigenvalue weighted by molar-refractivity contribution is 14.0. The van der Waals surface area contributed by atoms with E-state index < -0.39 is 0 Å². The van der Waals surface area contributed by atoms with Gasteiger partial charge in [0, 0.05) is 57.9 Å². The molecule has 1 saturated heterocycles. The van der Waals surface area contributed by atoms with Crippen molar-refractivity contribution in [2.75, 3.05) is 51.3 Å². The molecule has 1 aliphatic rings. The van der Waals surface area contributed by atoms with Crippen molar-refractivity contribution in [3.05, 3.63) is 36.4 Å². The number of guanidine groups is 1. The summed E-state index contributed by atoms with van der Waals surface area (Å²) >= 11 is 0. The number of benzene rings is 1. The van der Waals surface area contributed by atoms with Crippen LogP contribution in [-0.4, -0.2) is 72.0 Å². The van der Waals surface area contributed by atoms with Crippen LogP contribution in [-0.2, 0) is 13.0 Å². The molecule has 166 valence electrons. The van der Waals surface area contributed by atoms with Crippen LogP contribution in [0.25, 0.3) is 0 Å². The third-order valence-electron chi connectivity index (χ3n) is 5.15. The van der Waals surface area contributed by atoms with Crippen molar-refractivity contribution in [1.29, 1.82) is 0 Å². The number of halogens is 1. The number of aryl methyl sites for hydroxylation is 1. The summed E-state index contributed by atoms with van der Waals surface area (Å²) in [7, 11) is 1.70. The number of ether oxygens (including phenoxy) is 1. The van der Waals surface area contributed by atoms with Gasteiger partial charge in [-0.25, -0.2) is 0 Å². The summed E-state index contributed by atoms with van der Waals surface area (Å²) in [5.41, 5.74) is 1.24. The first-order valence-corrected chi connectivity index (χ1v) is 10.5. The molecule has 0 unspecified atom stereocenters. The van der Waals surface area contributed by atoms with E-state index in [2.05, 4.69) is 55.9 Å². The quantitative estimate of drug-likeness (QED) is 0.324. The van der Waals surface area contributed by atoms with Gasteiger partial charge in [-0.05, 0) is 30.7 Å². The first-order valence-electron chi connectivity index (χ1n) is 10.5. The summed E-state index contributed by atoms with van der Waals surface area (Å²) < 4.78 is 7.36. The second-order valence-electron chi connectivity index (χ2n) is 7.10. The van der Waals surface area contributed by atoms with E-state index in [9.17, 15) is 0 Å². The molecule has 9 heteroatoms. The highest BCUT2D eigenvalue weighted by Gasteiger charge is 2.20. The van der Waals surface area contributed by atoms with E-state index in [0.717, 1.165) is 76.2 Å². The fourth-order valence-corrected chi connectivity index (χ4v) is 3.48. The van der Waals surface area contributed by atoms with Crippen LogP contribution in [0.4, 0.5) is 5.69 Å². The molecule has 0 atom stereocenters. The Labute approximate surface area is 196 Å². The molecule has 0 spiro atoms. The topological polar surface area (TPSA) is 70.8 Å². The minimum absolute atomic E-state index is 0. The fourth-order valence-electron chi connectivity index (χ4n) is 3.48. The number of hydrogen-bond acceptors (Lipinski definition) is 5. The van der Waals surface area contributed by atoms with Gasteiger partial charge in [0.15, 0.2) is 5.96 Å². The van der Waals surface area contributed by atoms with Crippen LogP contribution < -0.4 is 15.0 Å². The number of nitrogens with one attached hydrogen (secondary N) is 1. The summed E-state index contributed by atoms with van der Waals surface area (Å²) in [6.07, 6.45) is 3.74. The molecule has 1 aromatic carbocycles. The Bertz CT molecular complexity index is 770. The number of piperazine rings is 1. The van der Waals surface area contributed by atoms with Crippen LogP contribution in [0.3, 0.4) is 0 Å². The average molecular weight is 527 g/mol. The molecule has 2 heterocycles. The number of anilines is 1. The van der Waals surface area contributed by atoms with Crippen LogP contribution in [0, 0.1) is 0 Å². The summed E-state index contributed by atoms with van der Waals surface area (Å²) in [5, 5.41) is 11.7. The van der Waals surface area contributed by atoms with Gasteiger partial charge >= 0.3 is 0 Å².